The molecule has 3 atom stereocenters. The first-order valence-electron chi connectivity index (χ1n) is 6.91. The SMILES string of the molecule is COc1ccc(C2CCC3CCCC32)cc1C#N. The quantitative estimate of drug-likeness (QED) is 0.787. The molecule has 0 heterocycles. The van der Waals surface area contributed by atoms with E-state index in [9.17, 15) is 5.26 Å². The lowest BCUT2D eigenvalue weighted by molar-refractivity contribution is 0.410. The van der Waals surface area contributed by atoms with E-state index in [1.165, 1.54) is 37.7 Å². The lowest BCUT2D eigenvalue weighted by Crippen LogP contribution is -2.08. The second kappa shape index (κ2) is 4.65. The number of hydrogen-bond donors (Lipinski definition) is 0. The molecule has 0 amide bonds. The van der Waals surface area contributed by atoms with Crippen LogP contribution in [0.1, 0.15) is 49.1 Å². The van der Waals surface area contributed by atoms with E-state index >= 15 is 0 Å². The second-order valence-electron chi connectivity index (χ2n) is 5.61. The normalized spacial score (nSPS) is 29.9. The average Bonchev–Trinajstić information content (AvgIpc) is 3.00. The molecule has 0 spiro atoms. The van der Waals surface area contributed by atoms with Crippen LogP contribution in [-0.4, -0.2) is 7.11 Å². The maximum atomic E-state index is 9.17. The Labute approximate surface area is 109 Å². The van der Waals surface area contributed by atoms with Gasteiger partial charge in [0.2, 0.25) is 0 Å². The number of nitriles is 1. The summed E-state index contributed by atoms with van der Waals surface area (Å²) in [6, 6.07) is 8.40. The molecule has 18 heavy (non-hydrogen) atoms. The van der Waals surface area contributed by atoms with Gasteiger partial charge < -0.3 is 4.74 Å². The first-order valence-corrected chi connectivity index (χ1v) is 6.91. The molecule has 0 bridgehead atoms. The summed E-state index contributed by atoms with van der Waals surface area (Å²) in [5.74, 6) is 3.19. The van der Waals surface area contributed by atoms with Gasteiger partial charge in [0.05, 0.1) is 12.7 Å². The van der Waals surface area contributed by atoms with Gasteiger partial charge in [-0.1, -0.05) is 18.9 Å². The molecule has 2 heteroatoms. The van der Waals surface area contributed by atoms with Crippen LogP contribution in [0.4, 0.5) is 0 Å². The van der Waals surface area contributed by atoms with Gasteiger partial charge in [0.1, 0.15) is 11.8 Å². The fourth-order valence-electron chi connectivity index (χ4n) is 4.02. The fraction of sp³-hybridized carbons (Fsp3) is 0.562. The van der Waals surface area contributed by atoms with Crippen LogP contribution >= 0.6 is 0 Å². The molecule has 0 aromatic heterocycles. The zero-order chi connectivity index (χ0) is 12.5. The molecule has 2 nitrogen and oxygen atoms in total. The predicted octanol–water partition coefficient (Wildman–Crippen LogP) is 3.86. The standard InChI is InChI=1S/C16H19NO/c1-18-16-8-6-12(9-13(16)10-17)15-7-5-11-3-2-4-14(11)15/h6,8-9,11,14-15H,2-5,7H2,1H3. The van der Waals surface area contributed by atoms with Crippen molar-refractivity contribution in [3.8, 4) is 11.8 Å². The lowest BCUT2D eigenvalue weighted by atomic mass is 9.86. The Balaban J connectivity index is 1.91. The van der Waals surface area contributed by atoms with Crippen molar-refractivity contribution in [2.75, 3.05) is 7.11 Å². The summed E-state index contributed by atoms with van der Waals surface area (Å²) in [6.07, 6.45) is 6.87. The molecule has 0 saturated heterocycles. The zero-order valence-electron chi connectivity index (χ0n) is 10.9. The third kappa shape index (κ3) is 1.79. The van der Waals surface area contributed by atoms with Crippen molar-refractivity contribution in [3.05, 3.63) is 29.3 Å². The third-order valence-corrected chi connectivity index (χ3v) is 4.86. The minimum Gasteiger partial charge on any atom is -0.495 e. The lowest BCUT2D eigenvalue weighted by Gasteiger charge is -2.19. The van der Waals surface area contributed by atoms with Crippen molar-refractivity contribution in [1.82, 2.24) is 0 Å². The summed E-state index contributed by atoms with van der Waals surface area (Å²) in [7, 11) is 1.62. The summed E-state index contributed by atoms with van der Waals surface area (Å²) in [6.45, 7) is 0. The maximum Gasteiger partial charge on any atom is 0.136 e. The third-order valence-electron chi connectivity index (χ3n) is 4.86. The maximum absolute atomic E-state index is 9.17. The summed E-state index contributed by atoms with van der Waals surface area (Å²) < 4.78 is 5.22. The molecular formula is C16H19NO. The van der Waals surface area contributed by atoms with E-state index in [0.717, 1.165) is 11.8 Å². The molecule has 2 aliphatic carbocycles. The largest absolute Gasteiger partial charge is 0.495 e. The van der Waals surface area contributed by atoms with Crippen LogP contribution in [-0.2, 0) is 0 Å². The van der Waals surface area contributed by atoms with Gasteiger partial charge in [0.15, 0.2) is 0 Å². The van der Waals surface area contributed by atoms with Crippen molar-refractivity contribution >= 4 is 0 Å². The van der Waals surface area contributed by atoms with Crippen LogP contribution in [0.5, 0.6) is 5.75 Å². The molecule has 0 N–H and O–H groups in total. The van der Waals surface area contributed by atoms with Gasteiger partial charge in [-0.15, -0.1) is 0 Å². The Hall–Kier alpha value is -1.49. The number of benzene rings is 1. The van der Waals surface area contributed by atoms with Gasteiger partial charge in [-0.05, 0) is 54.7 Å². The average molecular weight is 241 g/mol. The van der Waals surface area contributed by atoms with Crippen LogP contribution in [0.25, 0.3) is 0 Å². The molecule has 0 aliphatic heterocycles. The Morgan fingerprint density at radius 1 is 1.22 bits per heavy atom. The van der Waals surface area contributed by atoms with Gasteiger partial charge in [0, 0.05) is 0 Å². The van der Waals surface area contributed by atoms with Crippen LogP contribution in [0.3, 0.4) is 0 Å². The van der Waals surface area contributed by atoms with E-state index in [1.54, 1.807) is 7.11 Å². The highest BCUT2D eigenvalue weighted by Gasteiger charge is 2.39. The number of hydrogen-bond acceptors (Lipinski definition) is 2. The molecule has 2 saturated carbocycles. The van der Waals surface area contributed by atoms with Gasteiger partial charge in [-0.25, -0.2) is 0 Å². The topological polar surface area (TPSA) is 33.0 Å². The van der Waals surface area contributed by atoms with Crippen molar-refractivity contribution < 1.29 is 4.74 Å². The van der Waals surface area contributed by atoms with Crippen LogP contribution < -0.4 is 4.74 Å². The molecule has 0 radical (unpaired) electrons. The van der Waals surface area contributed by atoms with Crippen molar-refractivity contribution in [1.29, 1.82) is 5.26 Å². The highest BCUT2D eigenvalue weighted by atomic mass is 16.5. The monoisotopic (exact) mass is 241 g/mol. The van der Waals surface area contributed by atoms with Crippen LogP contribution in [0.15, 0.2) is 18.2 Å². The van der Waals surface area contributed by atoms with E-state index in [2.05, 4.69) is 12.1 Å². The molecular weight excluding hydrogens is 222 g/mol. The fourth-order valence-corrected chi connectivity index (χ4v) is 4.02. The molecule has 2 aliphatic rings. The van der Waals surface area contributed by atoms with Gasteiger partial charge in [-0.2, -0.15) is 5.26 Å². The van der Waals surface area contributed by atoms with Gasteiger partial charge in [-0.3, -0.25) is 0 Å². The van der Waals surface area contributed by atoms with E-state index in [4.69, 9.17) is 4.74 Å². The smallest absolute Gasteiger partial charge is 0.136 e. The number of ether oxygens (including phenoxy) is 1. The second-order valence-corrected chi connectivity index (χ2v) is 5.61. The number of rotatable bonds is 2. The highest BCUT2D eigenvalue weighted by Crippen LogP contribution is 2.52. The minimum absolute atomic E-state index is 0.676. The molecule has 94 valence electrons. The Morgan fingerprint density at radius 3 is 2.89 bits per heavy atom. The Bertz CT molecular complexity index is 488. The highest BCUT2D eigenvalue weighted by molar-refractivity contribution is 5.46. The van der Waals surface area contributed by atoms with Gasteiger partial charge in [0.25, 0.3) is 0 Å². The summed E-state index contributed by atoms with van der Waals surface area (Å²) in [4.78, 5) is 0. The summed E-state index contributed by atoms with van der Waals surface area (Å²) in [5.41, 5.74) is 2.03. The zero-order valence-corrected chi connectivity index (χ0v) is 10.9. The summed E-state index contributed by atoms with van der Waals surface area (Å²) in [5, 5.41) is 9.17. The predicted molar refractivity (Wildman–Crippen MR) is 70.5 cm³/mol. The number of methoxy groups -OCH3 is 1. The first kappa shape index (κ1) is 11.6. The molecule has 3 rings (SSSR count). The van der Waals surface area contributed by atoms with Crippen LogP contribution in [0.2, 0.25) is 0 Å². The number of fused-ring (bicyclic) bond motifs is 1. The Morgan fingerprint density at radius 2 is 2.11 bits per heavy atom. The first-order chi connectivity index (χ1) is 8.83. The van der Waals surface area contributed by atoms with E-state index in [-0.39, 0.29) is 0 Å². The molecule has 1 aromatic carbocycles. The van der Waals surface area contributed by atoms with Crippen molar-refractivity contribution in [3.63, 3.8) is 0 Å². The van der Waals surface area contributed by atoms with Crippen molar-refractivity contribution in [2.24, 2.45) is 11.8 Å². The summed E-state index contributed by atoms with van der Waals surface area (Å²) >= 11 is 0. The molecule has 3 unspecified atom stereocenters. The van der Waals surface area contributed by atoms with Crippen molar-refractivity contribution in [2.45, 2.75) is 38.0 Å². The van der Waals surface area contributed by atoms with E-state index in [0.29, 0.717) is 17.2 Å². The molecule has 2 fully saturated rings. The van der Waals surface area contributed by atoms with E-state index < -0.39 is 0 Å². The van der Waals surface area contributed by atoms with Crippen LogP contribution in [0, 0.1) is 23.2 Å². The molecule has 1 aromatic rings. The van der Waals surface area contributed by atoms with E-state index in [1.807, 2.05) is 12.1 Å². The Kier molecular flexibility index (Phi) is 2.99. The number of nitrogens with zero attached hydrogens (tertiary/aromatic N) is 1. The van der Waals surface area contributed by atoms with Gasteiger partial charge >= 0.3 is 0 Å². The minimum atomic E-state index is 0.676.